The summed E-state index contributed by atoms with van der Waals surface area (Å²) < 4.78 is 5.42. The molecule has 7 nitrogen and oxygen atoms in total. The molecule has 2 aromatic carbocycles. The maximum atomic E-state index is 12.5. The number of unbranched alkanes of at least 4 members (excludes halogenated alkanes) is 1. The van der Waals surface area contributed by atoms with Gasteiger partial charge in [-0.1, -0.05) is 32.4 Å². The Balaban J connectivity index is 1.89. The highest BCUT2D eigenvalue weighted by molar-refractivity contribution is 5.91. The Morgan fingerprint density at radius 1 is 0.935 bits per heavy atom. The van der Waals surface area contributed by atoms with Crippen LogP contribution in [0.4, 0.5) is 5.69 Å². The van der Waals surface area contributed by atoms with Crippen molar-refractivity contribution in [1.29, 1.82) is 0 Å². The highest BCUT2D eigenvalue weighted by atomic mass is 16.5. The van der Waals surface area contributed by atoms with Gasteiger partial charge in [-0.05, 0) is 61.2 Å². The second-order valence-corrected chi connectivity index (χ2v) is 7.35. The number of carbonyl (C=O) groups is 2. The summed E-state index contributed by atoms with van der Waals surface area (Å²) in [7, 11) is 0. The predicted octanol–water partition coefficient (Wildman–Crippen LogP) is 3.78. The van der Waals surface area contributed by atoms with Crippen molar-refractivity contribution in [1.82, 2.24) is 4.90 Å². The van der Waals surface area contributed by atoms with Gasteiger partial charge in [0.1, 0.15) is 5.75 Å². The lowest BCUT2D eigenvalue weighted by atomic mass is 10.1. The van der Waals surface area contributed by atoms with Crippen LogP contribution in [0.25, 0.3) is 0 Å². The summed E-state index contributed by atoms with van der Waals surface area (Å²) in [6, 6.07) is 13.7. The molecule has 166 valence electrons. The Kier molecular flexibility index (Phi) is 9.55. The van der Waals surface area contributed by atoms with Crippen molar-refractivity contribution in [3.8, 4) is 5.75 Å². The van der Waals surface area contributed by atoms with E-state index >= 15 is 0 Å². The number of hydrogen-bond acceptors (Lipinski definition) is 4. The topological polar surface area (TPSA) is 111 Å². The van der Waals surface area contributed by atoms with Crippen molar-refractivity contribution in [2.75, 3.05) is 13.1 Å². The Morgan fingerprint density at radius 3 is 2.19 bits per heavy atom. The first kappa shape index (κ1) is 23.9. The number of aliphatic imine (C=N–C) groups is 1. The van der Waals surface area contributed by atoms with E-state index in [-0.39, 0.29) is 11.9 Å². The Morgan fingerprint density at radius 2 is 1.61 bits per heavy atom. The number of rotatable bonds is 11. The molecule has 31 heavy (non-hydrogen) atoms. The molecule has 0 aliphatic rings. The number of amides is 1. The van der Waals surface area contributed by atoms with Crippen molar-refractivity contribution >= 4 is 23.5 Å². The zero-order chi connectivity index (χ0) is 22.6. The van der Waals surface area contributed by atoms with Crippen LogP contribution in [-0.4, -0.2) is 35.8 Å². The number of esters is 1. The first-order valence-corrected chi connectivity index (χ1v) is 10.7. The van der Waals surface area contributed by atoms with Crippen LogP contribution in [0.3, 0.4) is 0 Å². The van der Waals surface area contributed by atoms with E-state index in [1.54, 1.807) is 36.4 Å². The molecule has 0 radical (unpaired) electrons. The molecule has 0 fully saturated rings. The highest BCUT2D eigenvalue weighted by Gasteiger charge is 2.13. The quantitative estimate of drug-likeness (QED) is 0.247. The minimum Gasteiger partial charge on any atom is -0.423 e. The van der Waals surface area contributed by atoms with Gasteiger partial charge in [-0.15, -0.1) is 0 Å². The normalized spacial score (nSPS) is 10.4. The fourth-order valence-corrected chi connectivity index (χ4v) is 3.10. The first-order valence-electron chi connectivity index (χ1n) is 10.7. The Bertz CT molecular complexity index is 873. The summed E-state index contributed by atoms with van der Waals surface area (Å²) in [5.74, 6) is 0.125. The maximum absolute atomic E-state index is 12.5. The smallest absolute Gasteiger partial charge is 0.343 e. The van der Waals surface area contributed by atoms with Crippen LogP contribution in [0.1, 0.15) is 55.5 Å². The molecule has 0 aliphatic carbocycles. The molecule has 2 aromatic rings. The second-order valence-electron chi connectivity index (χ2n) is 7.35. The molecule has 0 unspecified atom stereocenters. The lowest BCUT2D eigenvalue weighted by Gasteiger charge is -2.22. The molecule has 0 aromatic heterocycles. The van der Waals surface area contributed by atoms with Gasteiger partial charge in [0.05, 0.1) is 11.3 Å². The van der Waals surface area contributed by atoms with Crippen molar-refractivity contribution < 1.29 is 14.3 Å². The summed E-state index contributed by atoms with van der Waals surface area (Å²) in [5, 5.41) is 0. The summed E-state index contributed by atoms with van der Waals surface area (Å²) in [6.07, 6.45) is 4.21. The molecule has 0 saturated heterocycles. The van der Waals surface area contributed by atoms with E-state index in [9.17, 15) is 9.59 Å². The van der Waals surface area contributed by atoms with Crippen LogP contribution < -0.4 is 16.2 Å². The number of carbonyl (C=O) groups excluding carboxylic acids is 2. The SMILES string of the molecule is CCCCN(CCC)C(=O)CCc1ccc(OC(=O)c2ccc(N=C(N)N)cc2)cc1. The van der Waals surface area contributed by atoms with Crippen LogP contribution >= 0.6 is 0 Å². The number of benzene rings is 2. The van der Waals surface area contributed by atoms with Crippen LogP contribution in [0, 0.1) is 0 Å². The van der Waals surface area contributed by atoms with E-state index in [4.69, 9.17) is 16.2 Å². The molecule has 7 heteroatoms. The lowest BCUT2D eigenvalue weighted by molar-refractivity contribution is -0.131. The van der Waals surface area contributed by atoms with E-state index < -0.39 is 5.97 Å². The average Bonchev–Trinajstić information content (AvgIpc) is 2.76. The van der Waals surface area contributed by atoms with Crippen LogP contribution in [0.15, 0.2) is 53.5 Å². The zero-order valence-corrected chi connectivity index (χ0v) is 18.3. The Hall–Kier alpha value is -3.35. The van der Waals surface area contributed by atoms with Gasteiger partial charge in [-0.25, -0.2) is 9.79 Å². The van der Waals surface area contributed by atoms with Crippen LogP contribution in [0.2, 0.25) is 0 Å². The summed E-state index contributed by atoms with van der Waals surface area (Å²) in [4.78, 5) is 30.7. The second kappa shape index (κ2) is 12.4. The van der Waals surface area contributed by atoms with E-state index in [1.807, 2.05) is 17.0 Å². The van der Waals surface area contributed by atoms with Crippen LogP contribution in [0.5, 0.6) is 5.75 Å². The number of guanidine groups is 1. The standard InChI is InChI=1S/C24H32N4O3/c1-3-5-17-28(16-4-2)22(29)15-8-18-6-13-21(14-7-18)31-23(30)19-9-11-20(12-10-19)27-24(25)26/h6-7,9-14H,3-5,8,15-17H2,1-2H3,(H4,25,26,27). The van der Waals surface area contributed by atoms with Gasteiger partial charge in [0.15, 0.2) is 5.96 Å². The van der Waals surface area contributed by atoms with Crippen molar-refractivity contribution in [2.45, 2.75) is 46.0 Å². The molecule has 0 atom stereocenters. The fraction of sp³-hybridized carbons (Fsp3) is 0.375. The van der Waals surface area contributed by atoms with Gasteiger partial charge in [0.25, 0.3) is 0 Å². The summed E-state index contributed by atoms with van der Waals surface area (Å²) >= 11 is 0. The van der Waals surface area contributed by atoms with Crippen molar-refractivity contribution in [3.63, 3.8) is 0 Å². The Labute approximate surface area is 184 Å². The molecule has 4 N–H and O–H groups in total. The number of hydrogen-bond donors (Lipinski definition) is 2. The third kappa shape index (κ3) is 8.12. The molecule has 0 aliphatic heterocycles. The summed E-state index contributed by atoms with van der Waals surface area (Å²) in [5.41, 5.74) is 12.7. The maximum Gasteiger partial charge on any atom is 0.343 e. The molecule has 2 rings (SSSR count). The lowest BCUT2D eigenvalue weighted by Crippen LogP contribution is -2.32. The van der Waals surface area contributed by atoms with E-state index in [2.05, 4.69) is 18.8 Å². The fourth-order valence-electron chi connectivity index (χ4n) is 3.10. The number of nitrogens with zero attached hydrogens (tertiary/aromatic N) is 2. The molecule has 0 spiro atoms. The first-order chi connectivity index (χ1) is 14.9. The molecular formula is C24H32N4O3. The highest BCUT2D eigenvalue weighted by Crippen LogP contribution is 2.18. The molecule has 1 amide bonds. The molecule has 0 saturated carbocycles. The third-order valence-electron chi connectivity index (χ3n) is 4.75. The minimum absolute atomic E-state index is 0.0452. The van der Waals surface area contributed by atoms with Gasteiger partial charge in [0.2, 0.25) is 5.91 Å². The van der Waals surface area contributed by atoms with Gasteiger partial charge in [-0.2, -0.15) is 0 Å². The number of nitrogens with two attached hydrogens (primary N) is 2. The van der Waals surface area contributed by atoms with Gasteiger partial charge >= 0.3 is 5.97 Å². The van der Waals surface area contributed by atoms with E-state index in [1.165, 1.54) is 0 Å². The van der Waals surface area contributed by atoms with E-state index in [0.717, 1.165) is 37.9 Å². The van der Waals surface area contributed by atoms with Crippen molar-refractivity contribution in [2.24, 2.45) is 16.5 Å². The van der Waals surface area contributed by atoms with E-state index in [0.29, 0.717) is 29.8 Å². The third-order valence-corrected chi connectivity index (χ3v) is 4.75. The number of aryl methyl sites for hydroxylation is 1. The van der Waals surface area contributed by atoms with Crippen LogP contribution in [-0.2, 0) is 11.2 Å². The molecule has 0 bridgehead atoms. The monoisotopic (exact) mass is 424 g/mol. The zero-order valence-electron chi connectivity index (χ0n) is 18.3. The molecular weight excluding hydrogens is 392 g/mol. The predicted molar refractivity (Wildman–Crippen MR) is 123 cm³/mol. The summed E-state index contributed by atoms with van der Waals surface area (Å²) in [6.45, 7) is 5.85. The van der Waals surface area contributed by atoms with Gasteiger partial charge in [-0.3, -0.25) is 4.79 Å². The molecule has 0 heterocycles. The van der Waals surface area contributed by atoms with Gasteiger partial charge < -0.3 is 21.1 Å². The average molecular weight is 425 g/mol. The van der Waals surface area contributed by atoms with Gasteiger partial charge in [0, 0.05) is 19.5 Å². The number of ether oxygens (including phenoxy) is 1. The largest absolute Gasteiger partial charge is 0.423 e. The van der Waals surface area contributed by atoms with Crippen molar-refractivity contribution in [3.05, 3.63) is 59.7 Å². The minimum atomic E-state index is -0.467.